The number of amides is 1. The molecule has 0 atom stereocenters. The molecule has 0 radical (unpaired) electrons. The van der Waals surface area contributed by atoms with Crippen LogP contribution in [0, 0.1) is 6.92 Å². The summed E-state index contributed by atoms with van der Waals surface area (Å²) in [7, 11) is 1.81. The fourth-order valence-corrected chi connectivity index (χ4v) is 2.33. The van der Waals surface area contributed by atoms with E-state index in [1.54, 1.807) is 24.0 Å². The van der Waals surface area contributed by atoms with E-state index >= 15 is 0 Å². The van der Waals surface area contributed by atoms with Crippen molar-refractivity contribution < 1.29 is 9.21 Å². The minimum atomic E-state index is -0.406. The molecular formula is C15H24ClN5O2. The highest BCUT2D eigenvalue weighted by molar-refractivity contribution is 5.94. The Kier molecular flexibility index (Phi) is 6.35. The number of rotatable bonds is 6. The molecule has 2 aromatic heterocycles. The molecule has 128 valence electrons. The Morgan fingerprint density at radius 3 is 2.57 bits per heavy atom. The van der Waals surface area contributed by atoms with Crippen LogP contribution in [-0.2, 0) is 7.05 Å². The first-order chi connectivity index (χ1) is 10.4. The van der Waals surface area contributed by atoms with Gasteiger partial charge in [0.1, 0.15) is 5.76 Å². The third-order valence-corrected chi connectivity index (χ3v) is 4.09. The smallest absolute Gasteiger partial charge is 0.274 e. The lowest BCUT2D eigenvalue weighted by Crippen LogP contribution is -2.53. The number of aromatic nitrogens is 3. The topological polar surface area (TPSA) is 99.0 Å². The molecule has 0 aliphatic rings. The summed E-state index contributed by atoms with van der Waals surface area (Å²) >= 11 is 0. The molecule has 0 unspecified atom stereocenters. The van der Waals surface area contributed by atoms with Gasteiger partial charge in [0.15, 0.2) is 5.69 Å². The predicted molar refractivity (Wildman–Crippen MR) is 90.5 cm³/mol. The zero-order chi connectivity index (χ0) is 16.3. The van der Waals surface area contributed by atoms with Crippen LogP contribution in [0.4, 0.5) is 0 Å². The Hall–Kier alpha value is -1.86. The number of halogens is 1. The van der Waals surface area contributed by atoms with Gasteiger partial charge in [-0.15, -0.1) is 12.4 Å². The van der Waals surface area contributed by atoms with Gasteiger partial charge in [0, 0.05) is 19.8 Å². The van der Waals surface area contributed by atoms with Crippen LogP contribution < -0.4 is 11.1 Å². The Morgan fingerprint density at radius 1 is 1.43 bits per heavy atom. The van der Waals surface area contributed by atoms with E-state index in [9.17, 15) is 4.79 Å². The highest BCUT2D eigenvalue weighted by atomic mass is 35.5. The Morgan fingerprint density at radius 2 is 2.09 bits per heavy atom. The molecule has 3 N–H and O–H groups in total. The number of nitrogens with two attached hydrogens (primary N) is 1. The second-order valence-electron chi connectivity index (χ2n) is 5.47. The van der Waals surface area contributed by atoms with Crippen LogP contribution in [0.5, 0.6) is 0 Å². The van der Waals surface area contributed by atoms with Crippen LogP contribution in [0.25, 0.3) is 11.5 Å². The predicted octanol–water partition coefficient (Wildman–Crippen LogP) is 2.05. The summed E-state index contributed by atoms with van der Waals surface area (Å²) in [6.07, 6.45) is 4.96. The van der Waals surface area contributed by atoms with Gasteiger partial charge in [0.25, 0.3) is 5.91 Å². The van der Waals surface area contributed by atoms with Gasteiger partial charge in [-0.1, -0.05) is 13.8 Å². The van der Waals surface area contributed by atoms with Crippen molar-refractivity contribution in [1.82, 2.24) is 20.1 Å². The maximum absolute atomic E-state index is 12.5. The van der Waals surface area contributed by atoms with Crippen LogP contribution in [0.15, 0.2) is 16.8 Å². The minimum Gasteiger partial charge on any atom is -0.440 e. The number of aryl methyl sites for hydroxylation is 2. The minimum absolute atomic E-state index is 0. The molecule has 0 spiro atoms. The molecule has 0 bridgehead atoms. The highest BCUT2D eigenvalue weighted by Crippen LogP contribution is 2.22. The summed E-state index contributed by atoms with van der Waals surface area (Å²) in [5, 5.41) is 7.07. The number of carbonyl (C=O) groups is 1. The lowest BCUT2D eigenvalue weighted by molar-refractivity contribution is 0.0889. The van der Waals surface area contributed by atoms with Crippen molar-refractivity contribution in [3.8, 4) is 11.5 Å². The van der Waals surface area contributed by atoms with Crippen LogP contribution in [0.3, 0.4) is 0 Å². The summed E-state index contributed by atoms with van der Waals surface area (Å²) in [6, 6.07) is 0. The number of hydrogen-bond donors (Lipinski definition) is 2. The van der Waals surface area contributed by atoms with Crippen molar-refractivity contribution in [1.29, 1.82) is 0 Å². The fraction of sp³-hybridized carbons (Fsp3) is 0.533. The molecule has 2 aromatic rings. The number of nitrogens with one attached hydrogen (secondary N) is 1. The van der Waals surface area contributed by atoms with Crippen molar-refractivity contribution in [2.75, 3.05) is 6.54 Å². The quantitative estimate of drug-likeness (QED) is 0.837. The first-order valence-corrected chi connectivity index (χ1v) is 7.43. The van der Waals surface area contributed by atoms with Gasteiger partial charge >= 0.3 is 0 Å². The van der Waals surface area contributed by atoms with Crippen LogP contribution >= 0.6 is 12.4 Å². The molecule has 2 rings (SSSR count). The van der Waals surface area contributed by atoms with Crippen LogP contribution in [-0.4, -0.2) is 32.8 Å². The van der Waals surface area contributed by atoms with E-state index in [2.05, 4.69) is 15.4 Å². The molecule has 0 aromatic carbocycles. The first-order valence-electron chi connectivity index (χ1n) is 7.43. The summed E-state index contributed by atoms with van der Waals surface area (Å²) in [6.45, 7) is 6.13. The Labute approximate surface area is 142 Å². The average molecular weight is 342 g/mol. The molecule has 0 saturated heterocycles. The van der Waals surface area contributed by atoms with E-state index in [1.807, 2.05) is 20.9 Å². The standard InChI is InChI=1S/C15H23N5O2.ClH/c1-5-15(6-2,9-16)19-13(21)12-10(3)22-14(18-12)11-7-17-20(4)8-11;/h7-8H,5-6,9,16H2,1-4H3,(H,19,21);1H. The van der Waals surface area contributed by atoms with E-state index in [1.165, 1.54) is 0 Å². The number of hydrogen-bond acceptors (Lipinski definition) is 5. The zero-order valence-electron chi connectivity index (χ0n) is 13.9. The second kappa shape index (κ2) is 7.61. The molecule has 1 amide bonds. The van der Waals surface area contributed by atoms with E-state index in [0.29, 0.717) is 23.9 Å². The molecule has 8 heteroatoms. The largest absolute Gasteiger partial charge is 0.440 e. The maximum atomic E-state index is 12.5. The molecule has 2 heterocycles. The summed E-state index contributed by atoms with van der Waals surface area (Å²) in [5.74, 6) is 0.613. The maximum Gasteiger partial charge on any atom is 0.274 e. The zero-order valence-corrected chi connectivity index (χ0v) is 14.7. The number of oxazole rings is 1. The number of nitrogens with zero attached hydrogens (tertiary/aromatic N) is 3. The molecule has 23 heavy (non-hydrogen) atoms. The SMILES string of the molecule is CCC(CC)(CN)NC(=O)c1nc(-c2cnn(C)c2)oc1C.Cl. The van der Waals surface area contributed by atoms with E-state index in [4.69, 9.17) is 10.2 Å². The van der Waals surface area contributed by atoms with E-state index in [0.717, 1.165) is 18.4 Å². The van der Waals surface area contributed by atoms with Gasteiger partial charge < -0.3 is 15.5 Å². The molecule has 7 nitrogen and oxygen atoms in total. The van der Waals surface area contributed by atoms with Crippen molar-refractivity contribution in [2.24, 2.45) is 12.8 Å². The third-order valence-electron chi connectivity index (χ3n) is 4.09. The van der Waals surface area contributed by atoms with Crippen molar-refractivity contribution in [2.45, 2.75) is 39.2 Å². The van der Waals surface area contributed by atoms with Crippen molar-refractivity contribution in [3.05, 3.63) is 23.8 Å². The van der Waals surface area contributed by atoms with E-state index < -0.39 is 5.54 Å². The second-order valence-corrected chi connectivity index (χ2v) is 5.47. The Balaban J connectivity index is 0.00000264. The van der Waals surface area contributed by atoms with E-state index in [-0.39, 0.29) is 18.3 Å². The lowest BCUT2D eigenvalue weighted by atomic mass is 9.93. The lowest BCUT2D eigenvalue weighted by Gasteiger charge is -2.31. The number of carbonyl (C=O) groups excluding carboxylic acids is 1. The monoisotopic (exact) mass is 341 g/mol. The van der Waals surface area contributed by atoms with Crippen molar-refractivity contribution in [3.63, 3.8) is 0 Å². The molecule has 0 aliphatic carbocycles. The van der Waals surface area contributed by atoms with Gasteiger partial charge in [0.05, 0.1) is 17.3 Å². The summed E-state index contributed by atoms with van der Waals surface area (Å²) < 4.78 is 7.25. The van der Waals surface area contributed by atoms with Gasteiger partial charge in [-0.05, 0) is 19.8 Å². The van der Waals surface area contributed by atoms with Gasteiger partial charge in [-0.3, -0.25) is 9.48 Å². The molecule has 0 aliphatic heterocycles. The normalized spacial score (nSPS) is 11.2. The average Bonchev–Trinajstić information content (AvgIpc) is 3.11. The fourth-order valence-electron chi connectivity index (χ4n) is 2.33. The molecule has 0 saturated carbocycles. The highest BCUT2D eigenvalue weighted by Gasteiger charge is 2.29. The molecule has 0 fully saturated rings. The van der Waals surface area contributed by atoms with Gasteiger partial charge in [0.2, 0.25) is 5.89 Å². The van der Waals surface area contributed by atoms with Crippen molar-refractivity contribution >= 4 is 18.3 Å². The van der Waals surface area contributed by atoms with Gasteiger partial charge in [-0.25, -0.2) is 4.98 Å². The van der Waals surface area contributed by atoms with Gasteiger partial charge in [-0.2, -0.15) is 5.10 Å². The first kappa shape index (κ1) is 19.2. The summed E-state index contributed by atoms with van der Waals surface area (Å²) in [4.78, 5) is 16.8. The molecular weight excluding hydrogens is 318 g/mol. The van der Waals surface area contributed by atoms with Crippen LogP contribution in [0.1, 0.15) is 42.9 Å². The Bertz CT molecular complexity index is 652. The third kappa shape index (κ3) is 3.92. The summed E-state index contributed by atoms with van der Waals surface area (Å²) in [5.41, 5.74) is 6.44. The van der Waals surface area contributed by atoms with Crippen LogP contribution in [0.2, 0.25) is 0 Å².